The maximum absolute atomic E-state index is 12.1. The fraction of sp³-hybridized carbons (Fsp3) is 0.333. The first-order valence-electron chi connectivity index (χ1n) is 8.70. The maximum Gasteiger partial charge on any atom is 0.331 e. The van der Waals surface area contributed by atoms with Gasteiger partial charge in [0.1, 0.15) is 11.9 Å². The van der Waals surface area contributed by atoms with Crippen LogP contribution >= 0.6 is 0 Å². The van der Waals surface area contributed by atoms with Gasteiger partial charge >= 0.3 is 5.97 Å². The lowest BCUT2D eigenvalue weighted by atomic mass is 9.98. The van der Waals surface area contributed by atoms with Crippen molar-refractivity contribution in [1.29, 1.82) is 0 Å². The average molecular weight is 353 g/mol. The predicted octanol–water partition coefficient (Wildman–Crippen LogP) is 3.88. The van der Waals surface area contributed by atoms with Gasteiger partial charge < -0.3 is 14.2 Å². The molecule has 1 aromatic carbocycles. The van der Waals surface area contributed by atoms with Crippen molar-refractivity contribution < 1.29 is 19.0 Å². The summed E-state index contributed by atoms with van der Waals surface area (Å²) in [5, 5.41) is 0. The van der Waals surface area contributed by atoms with Gasteiger partial charge in [-0.3, -0.25) is 4.98 Å². The van der Waals surface area contributed by atoms with Crippen LogP contribution in [0.25, 0.3) is 6.08 Å². The molecular weight excluding hydrogens is 330 g/mol. The van der Waals surface area contributed by atoms with Crippen LogP contribution in [-0.4, -0.2) is 30.8 Å². The highest BCUT2D eigenvalue weighted by atomic mass is 16.6. The summed E-state index contributed by atoms with van der Waals surface area (Å²) >= 11 is 0. The molecule has 1 saturated heterocycles. The van der Waals surface area contributed by atoms with E-state index in [1.54, 1.807) is 31.6 Å². The Morgan fingerprint density at radius 1 is 1.27 bits per heavy atom. The molecule has 5 heteroatoms. The summed E-state index contributed by atoms with van der Waals surface area (Å²) in [6.45, 7) is 2.64. The Morgan fingerprint density at radius 3 is 2.85 bits per heavy atom. The summed E-state index contributed by atoms with van der Waals surface area (Å²) in [7, 11) is 1.58. The van der Waals surface area contributed by atoms with Crippen LogP contribution in [-0.2, 0) is 14.3 Å². The number of aryl methyl sites for hydroxylation is 1. The van der Waals surface area contributed by atoms with Crippen LogP contribution in [0.15, 0.2) is 48.8 Å². The van der Waals surface area contributed by atoms with Gasteiger partial charge in [0.15, 0.2) is 0 Å². The molecule has 0 amide bonds. The summed E-state index contributed by atoms with van der Waals surface area (Å²) in [6.07, 6.45) is 7.58. The number of nitrogens with zero attached hydrogens (tertiary/aromatic N) is 1. The van der Waals surface area contributed by atoms with Gasteiger partial charge in [-0.15, -0.1) is 0 Å². The van der Waals surface area contributed by atoms with E-state index in [1.165, 1.54) is 11.6 Å². The van der Waals surface area contributed by atoms with Gasteiger partial charge in [-0.05, 0) is 30.2 Å². The minimum absolute atomic E-state index is 0.0336. The number of pyridine rings is 1. The van der Waals surface area contributed by atoms with E-state index < -0.39 is 0 Å². The summed E-state index contributed by atoms with van der Waals surface area (Å²) < 4.78 is 16.5. The number of esters is 1. The van der Waals surface area contributed by atoms with Crippen molar-refractivity contribution in [2.24, 2.45) is 0 Å². The molecular formula is C21H23NO4. The van der Waals surface area contributed by atoms with Gasteiger partial charge in [-0.2, -0.15) is 0 Å². The van der Waals surface area contributed by atoms with Crippen LogP contribution in [0, 0.1) is 6.92 Å². The SMILES string of the molecule is COc1cncc(/C=C/C(=O)OC2CCOC(c3ccc(C)cc3)C2)c1. The number of benzene rings is 1. The number of rotatable bonds is 5. The number of carbonyl (C=O) groups excluding carboxylic acids is 1. The molecule has 136 valence electrons. The molecule has 3 rings (SSSR count). The molecule has 0 bridgehead atoms. The molecule has 0 saturated carbocycles. The van der Waals surface area contributed by atoms with E-state index in [-0.39, 0.29) is 18.2 Å². The lowest BCUT2D eigenvalue weighted by Gasteiger charge is -2.29. The zero-order chi connectivity index (χ0) is 18.4. The largest absolute Gasteiger partial charge is 0.495 e. The van der Waals surface area contributed by atoms with Crippen molar-refractivity contribution >= 4 is 12.0 Å². The van der Waals surface area contributed by atoms with Crippen molar-refractivity contribution in [3.05, 3.63) is 65.5 Å². The van der Waals surface area contributed by atoms with Gasteiger partial charge in [0.05, 0.1) is 26.0 Å². The third kappa shape index (κ3) is 4.92. The van der Waals surface area contributed by atoms with Crippen molar-refractivity contribution in [2.75, 3.05) is 13.7 Å². The van der Waals surface area contributed by atoms with Crippen molar-refractivity contribution in [2.45, 2.75) is 32.0 Å². The Bertz CT molecular complexity index is 770. The molecule has 0 N–H and O–H groups in total. The zero-order valence-corrected chi connectivity index (χ0v) is 15.1. The molecule has 2 aromatic rings. The standard InChI is InChI=1S/C21H23NO4/c1-15-3-6-17(7-4-15)20-12-18(9-10-25-20)26-21(23)8-5-16-11-19(24-2)14-22-13-16/h3-8,11,13-14,18,20H,9-10,12H2,1-2H3/b8-5+. The van der Waals surface area contributed by atoms with E-state index in [1.807, 2.05) is 0 Å². The van der Waals surface area contributed by atoms with Crippen LogP contribution in [0.3, 0.4) is 0 Å². The molecule has 0 spiro atoms. The molecule has 5 nitrogen and oxygen atoms in total. The third-order valence-corrected chi connectivity index (χ3v) is 4.35. The minimum Gasteiger partial charge on any atom is -0.495 e. The van der Waals surface area contributed by atoms with Crippen LogP contribution < -0.4 is 4.74 Å². The molecule has 2 atom stereocenters. The number of aromatic nitrogens is 1. The van der Waals surface area contributed by atoms with E-state index >= 15 is 0 Å². The molecule has 0 radical (unpaired) electrons. The third-order valence-electron chi connectivity index (χ3n) is 4.35. The Morgan fingerprint density at radius 2 is 2.08 bits per heavy atom. The lowest BCUT2D eigenvalue weighted by molar-refractivity contribution is -0.150. The summed E-state index contributed by atoms with van der Waals surface area (Å²) in [5.74, 6) is 0.285. The van der Waals surface area contributed by atoms with Gasteiger partial charge in [0.2, 0.25) is 0 Å². The first-order chi connectivity index (χ1) is 12.6. The van der Waals surface area contributed by atoms with Gasteiger partial charge in [-0.1, -0.05) is 29.8 Å². The minimum atomic E-state index is -0.359. The number of methoxy groups -OCH3 is 1. The Hall–Kier alpha value is -2.66. The number of hydrogen-bond donors (Lipinski definition) is 0. The molecule has 26 heavy (non-hydrogen) atoms. The van der Waals surface area contributed by atoms with Crippen molar-refractivity contribution in [3.63, 3.8) is 0 Å². The summed E-state index contributed by atoms with van der Waals surface area (Å²) in [4.78, 5) is 16.2. The topological polar surface area (TPSA) is 57.7 Å². The normalized spacial score (nSPS) is 20.1. The molecule has 1 aliphatic rings. The van der Waals surface area contributed by atoms with E-state index in [2.05, 4.69) is 36.2 Å². The molecule has 1 fully saturated rings. The van der Waals surface area contributed by atoms with Crippen molar-refractivity contribution in [1.82, 2.24) is 4.98 Å². The Balaban J connectivity index is 1.56. The van der Waals surface area contributed by atoms with E-state index in [4.69, 9.17) is 14.2 Å². The average Bonchev–Trinajstić information content (AvgIpc) is 2.67. The second kappa shape index (κ2) is 8.63. The zero-order valence-electron chi connectivity index (χ0n) is 15.1. The van der Waals surface area contributed by atoms with Crippen molar-refractivity contribution in [3.8, 4) is 5.75 Å². The van der Waals surface area contributed by atoms with Gasteiger partial charge in [-0.25, -0.2) is 4.79 Å². The molecule has 1 aliphatic heterocycles. The van der Waals surface area contributed by atoms with Crippen LogP contribution in [0.2, 0.25) is 0 Å². The van der Waals surface area contributed by atoms with Gasteiger partial charge in [0, 0.05) is 25.1 Å². The molecule has 1 aromatic heterocycles. The van der Waals surface area contributed by atoms with Crippen LogP contribution in [0.5, 0.6) is 5.75 Å². The number of ether oxygens (including phenoxy) is 3. The molecule has 0 aliphatic carbocycles. The fourth-order valence-electron chi connectivity index (χ4n) is 2.89. The van der Waals surface area contributed by atoms with Gasteiger partial charge in [0.25, 0.3) is 0 Å². The quantitative estimate of drug-likeness (QED) is 0.603. The molecule has 2 heterocycles. The highest BCUT2D eigenvalue weighted by Crippen LogP contribution is 2.29. The van der Waals surface area contributed by atoms with Crippen LogP contribution in [0.1, 0.15) is 35.6 Å². The number of carbonyl (C=O) groups is 1. The van der Waals surface area contributed by atoms with E-state index in [9.17, 15) is 4.79 Å². The van der Waals surface area contributed by atoms with E-state index in [0.717, 1.165) is 11.1 Å². The fourth-order valence-corrected chi connectivity index (χ4v) is 2.89. The lowest BCUT2D eigenvalue weighted by Crippen LogP contribution is -2.27. The monoisotopic (exact) mass is 353 g/mol. The highest BCUT2D eigenvalue weighted by Gasteiger charge is 2.26. The maximum atomic E-state index is 12.1. The van der Waals surface area contributed by atoms with Crippen LogP contribution in [0.4, 0.5) is 0 Å². The second-order valence-electron chi connectivity index (χ2n) is 6.34. The first kappa shape index (κ1) is 18.1. The number of hydrogen-bond acceptors (Lipinski definition) is 5. The highest BCUT2D eigenvalue weighted by molar-refractivity contribution is 5.87. The second-order valence-corrected chi connectivity index (χ2v) is 6.34. The Kier molecular flexibility index (Phi) is 6.02. The Labute approximate surface area is 153 Å². The first-order valence-corrected chi connectivity index (χ1v) is 8.70. The molecule has 2 unspecified atom stereocenters. The van der Waals surface area contributed by atoms with E-state index in [0.29, 0.717) is 25.2 Å². The summed E-state index contributed by atoms with van der Waals surface area (Å²) in [6, 6.07) is 10.1. The summed E-state index contributed by atoms with van der Waals surface area (Å²) in [5.41, 5.74) is 3.12. The predicted molar refractivity (Wildman–Crippen MR) is 98.8 cm³/mol. The smallest absolute Gasteiger partial charge is 0.331 e.